The fourth-order valence-corrected chi connectivity index (χ4v) is 4.18. The normalized spacial score (nSPS) is 15.9. The first kappa shape index (κ1) is 25.0. The van der Waals surface area contributed by atoms with Gasteiger partial charge in [0.15, 0.2) is 0 Å². The van der Waals surface area contributed by atoms with Crippen LogP contribution in [0.4, 0.5) is 5.69 Å². The van der Waals surface area contributed by atoms with Gasteiger partial charge in [-0.05, 0) is 55.1 Å². The average Bonchev–Trinajstić information content (AvgIpc) is 3.04. The van der Waals surface area contributed by atoms with Gasteiger partial charge in [0.25, 0.3) is 5.91 Å². The van der Waals surface area contributed by atoms with E-state index in [2.05, 4.69) is 10.6 Å². The molecule has 0 aliphatic carbocycles. The number of nitrogens with zero attached hydrogens (tertiary/aromatic N) is 1. The van der Waals surface area contributed by atoms with Crippen molar-refractivity contribution in [2.24, 2.45) is 0 Å². The lowest BCUT2D eigenvalue weighted by molar-refractivity contribution is -0.129. The number of ether oxygens (including phenoxy) is 3. The minimum absolute atomic E-state index is 0.00365. The van der Waals surface area contributed by atoms with Gasteiger partial charge in [-0.1, -0.05) is 24.3 Å². The lowest BCUT2D eigenvalue weighted by Crippen LogP contribution is -2.53. The molecule has 36 heavy (non-hydrogen) atoms. The molecule has 1 aliphatic heterocycles. The molecule has 2 amide bonds. The first-order valence-corrected chi connectivity index (χ1v) is 11.6. The highest BCUT2D eigenvalue weighted by Crippen LogP contribution is 2.36. The highest BCUT2D eigenvalue weighted by atomic mass is 16.5. The second-order valence-electron chi connectivity index (χ2n) is 8.45. The number of nitrogens with one attached hydrogen (secondary N) is 2. The van der Waals surface area contributed by atoms with Crippen LogP contribution in [0.2, 0.25) is 0 Å². The predicted octanol–water partition coefficient (Wildman–Crippen LogP) is 2.65. The number of para-hydroxylation sites is 2. The van der Waals surface area contributed by atoms with Crippen LogP contribution in [0.15, 0.2) is 54.6 Å². The van der Waals surface area contributed by atoms with Gasteiger partial charge in [0.2, 0.25) is 5.91 Å². The van der Waals surface area contributed by atoms with Crippen LogP contribution in [-0.2, 0) is 20.9 Å². The van der Waals surface area contributed by atoms with Crippen molar-refractivity contribution >= 4 is 34.2 Å². The number of methoxy groups -OCH3 is 2. The molecule has 0 saturated heterocycles. The summed E-state index contributed by atoms with van der Waals surface area (Å²) in [6.07, 6.45) is 0. The zero-order valence-electron chi connectivity index (χ0n) is 20.7. The van der Waals surface area contributed by atoms with Crippen molar-refractivity contribution in [1.82, 2.24) is 10.6 Å². The van der Waals surface area contributed by atoms with E-state index in [4.69, 9.17) is 14.2 Å². The van der Waals surface area contributed by atoms with Crippen LogP contribution in [-0.4, -0.2) is 57.7 Å². The summed E-state index contributed by atoms with van der Waals surface area (Å²) in [7, 11) is 4.58. The molecule has 0 fully saturated rings. The predicted molar refractivity (Wildman–Crippen MR) is 135 cm³/mol. The third-order valence-corrected chi connectivity index (χ3v) is 6.31. The summed E-state index contributed by atoms with van der Waals surface area (Å²) in [5.41, 5.74) is 1.77. The van der Waals surface area contributed by atoms with Crippen LogP contribution >= 0.6 is 0 Å². The quantitative estimate of drug-likeness (QED) is 0.490. The molecule has 0 spiro atoms. The number of amides is 2. The Hall–Kier alpha value is -4.11. The molecule has 9 nitrogen and oxygen atoms in total. The lowest BCUT2D eigenvalue weighted by atomic mass is 10.00. The number of anilines is 1. The summed E-state index contributed by atoms with van der Waals surface area (Å²) in [4.78, 5) is 40.0. The Bertz CT molecular complexity index is 1310. The molecule has 3 aromatic rings. The second-order valence-corrected chi connectivity index (χ2v) is 8.45. The van der Waals surface area contributed by atoms with E-state index in [9.17, 15) is 14.4 Å². The van der Waals surface area contributed by atoms with E-state index in [1.807, 2.05) is 24.3 Å². The molecule has 0 aromatic heterocycles. The van der Waals surface area contributed by atoms with Gasteiger partial charge in [-0.3, -0.25) is 9.59 Å². The van der Waals surface area contributed by atoms with Gasteiger partial charge in [0, 0.05) is 5.56 Å². The molecule has 2 N–H and O–H groups in total. The number of fused-ring (bicyclic) bond motifs is 2. The zero-order valence-corrected chi connectivity index (χ0v) is 20.7. The fraction of sp³-hybridized carbons (Fsp3) is 0.296. The number of carbonyl (C=O) groups excluding carboxylic acids is 3. The van der Waals surface area contributed by atoms with E-state index in [1.165, 1.54) is 7.11 Å². The van der Waals surface area contributed by atoms with E-state index in [0.29, 0.717) is 22.7 Å². The van der Waals surface area contributed by atoms with E-state index in [-0.39, 0.29) is 25.0 Å². The standard InChI is InChI=1S/C27H29N3O6/c1-16(28-2)25(31)29-21-15-36-24-8-6-5-7-22(24)30(26(21)32)14-20-19-11-9-18(27(33)35-4)13-17(19)10-12-23(20)34-3/h5-13,16,21,28H,14-15H2,1-4H3,(H,29,31)/t16-,21-/m0/s1. The summed E-state index contributed by atoms with van der Waals surface area (Å²) < 4.78 is 16.4. The lowest BCUT2D eigenvalue weighted by Gasteiger charge is -2.27. The van der Waals surface area contributed by atoms with Crippen molar-refractivity contribution in [3.05, 3.63) is 65.7 Å². The van der Waals surface area contributed by atoms with Crippen LogP contribution in [0.1, 0.15) is 22.8 Å². The fourth-order valence-electron chi connectivity index (χ4n) is 4.18. The number of likely N-dealkylation sites (N-methyl/N-ethyl adjacent to an activating group) is 1. The van der Waals surface area contributed by atoms with Crippen molar-refractivity contribution in [3.8, 4) is 11.5 Å². The molecule has 0 bridgehead atoms. The van der Waals surface area contributed by atoms with E-state index in [1.54, 1.807) is 56.3 Å². The van der Waals surface area contributed by atoms with Crippen molar-refractivity contribution in [2.45, 2.75) is 25.6 Å². The Morgan fingerprint density at radius 3 is 2.64 bits per heavy atom. The molecule has 4 rings (SSSR count). The third kappa shape index (κ3) is 4.83. The minimum atomic E-state index is -0.882. The highest BCUT2D eigenvalue weighted by molar-refractivity contribution is 6.02. The zero-order chi connectivity index (χ0) is 25.8. The van der Waals surface area contributed by atoms with Crippen LogP contribution in [0.25, 0.3) is 10.8 Å². The molecular formula is C27H29N3O6. The summed E-state index contributed by atoms with van der Waals surface area (Å²) in [6, 6.07) is 14.8. The first-order valence-electron chi connectivity index (χ1n) is 11.6. The maximum atomic E-state index is 13.8. The number of benzene rings is 3. The number of hydrogen-bond donors (Lipinski definition) is 2. The number of esters is 1. The Morgan fingerprint density at radius 2 is 1.92 bits per heavy atom. The van der Waals surface area contributed by atoms with Crippen molar-refractivity contribution in [3.63, 3.8) is 0 Å². The molecule has 0 saturated carbocycles. The molecule has 2 atom stereocenters. The summed E-state index contributed by atoms with van der Waals surface area (Å²) in [5, 5.41) is 7.30. The van der Waals surface area contributed by atoms with Gasteiger partial charge in [-0.25, -0.2) is 4.79 Å². The van der Waals surface area contributed by atoms with Crippen LogP contribution in [0.3, 0.4) is 0 Å². The number of hydrogen-bond acceptors (Lipinski definition) is 7. The van der Waals surface area contributed by atoms with Gasteiger partial charge < -0.3 is 29.7 Å². The summed E-state index contributed by atoms with van der Waals surface area (Å²) >= 11 is 0. The molecular weight excluding hydrogens is 462 g/mol. The van der Waals surface area contributed by atoms with Crippen LogP contribution in [0.5, 0.6) is 11.5 Å². The van der Waals surface area contributed by atoms with Gasteiger partial charge in [0.1, 0.15) is 24.1 Å². The molecule has 0 unspecified atom stereocenters. The summed E-state index contributed by atoms with van der Waals surface area (Å²) in [6.45, 7) is 1.88. The average molecular weight is 492 g/mol. The van der Waals surface area contributed by atoms with Crippen molar-refractivity contribution in [2.75, 3.05) is 32.8 Å². The van der Waals surface area contributed by atoms with Crippen LogP contribution in [0, 0.1) is 0 Å². The SMILES string of the molecule is CN[C@@H](C)C(=O)N[C@H]1COc2ccccc2N(Cc2c(OC)ccc3cc(C(=O)OC)ccc23)C1=O. The molecule has 9 heteroatoms. The second kappa shape index (κ2) is 10.7. The van der Waals surface area contributed by atoms with Gasteiger partial charge >= 0.3 is 5.97 Å². The number of rotatable bonds is 7. The Kier molecular flexibility index (Phi) is 7.40. The van der Waals surface area contributed by atoms with E-state index < -0.39 is 18.1 Å². The maximum Gasteiger partial charge on any atom is 0.337 e. The van der Waals surface area contributed by atoms with Gasteiger partial charge in [-0.2, -0.15) is 0 Å². The van der Waals surface area contributed by atoms with Crippen molar-refractivity contribution in [1.29, 1.82) is 0 Å². The van der Waals surface area contributed by atoms with Crippen LogP contribution < -0.4 is 25.0 Å². The smallest absolute Gasteiger partial charge is 0.337 e. The largest absolute Gasteiger partial charge is 0.496 e. The summed E-state index contributed by atoms with van der Waals surface area (Å²) in [5.74, 6) is 0.0901. The number of carbonyl (C=O) groups is 3. The maximum absolute atomic E-state index is 13.8. The monoisotopic (exact) mass is 491 g/mol. The molecule has 188 valence electrons. The Morgan fingerprint density at radius 1 is 1.14 bits per heavy atom. The molecule has 0 radical (unpaired) electrons. The Balaban J connectivity index is 1.78. The molecule has 3 aromatic carbocycles. The first-order chi connectivity index (χ1) is 17.4. The Labute approximate surface area is 209 Å². The van der Waals surface area contributed by atoms with E-state index >= 15 is 0 Å². The van der Waals surface area contributed by atoms with Crippen molar-refractivity contribution < 1.29 is 28.6 Å². The molecule has 1 aliphatic rings. The van der Waals surface area contributed by atoms with Gasteiger partial charge in [0.05, 0.1) is 38.1 Å². The molecule has 1 heterocycles. The topological polar surface area (TPSA) is 106 Å². The third-order valence-electron chi connectivity index (χ3n) is 6.31. The van der Waals surface area contributed by atoms with Gasteiger partial charge in [-0.15, -0.1) is 0 Å². The minimum Gasteiger partial charge on any atom is -0.496 e. The van der Waals surface area contributed by atoms with E-state index in [0.717, 1.165) is 16.3 Å². The highest BCUT2D eigenvalue weighted by Gasteiger charge is 2.34.